The van der Waals surface area contributed by atoms with Crippen LogP contribution in [0.4, 0.5) is 8.78 Å². The van der Waals surface area contributed by atoms with E-state index < -0.39 is 17.2 Å². The zero-order chi connectivity index (χ0) is 13.2. The summed E-state index contributed by atoms with van der Waals surface area (Å²) in [5.41, 5.74) is 6.36. The van der Waals surface area contributed by atoms with Crippen molar-refractivity contribution in [1.82, 2.24) is 0 Å². The Kier molecular flexibility index (Phi) is 2.36. The van der Waals surface area contributed by atoms with Crippen LogP contribution in [0.1, 0.15) is 37.7 Å². The van der Waals surface area contributed by atoms with Gasteiger partial charge in [-0.2, -0.15) is 0 Å². The van der Waals surface area contributed by atoms with Crippen molar-refractivity contribution in [2.45, 2.75) is 37.6 Å². The number of halogens is 2. The maximum atomic E-state index is 14.1. The van der Waals surface area contributed by atoms with E-state index in [0.29, 0.717) is 23.3 Å². The first-order chi connectivity index (χ1) is 9.11. The molecule has 1 aromatic carbocycles. The molecule has 3 heteroatoms. The predicted molar refractivity (Wildman–Crippen MR) is 69.3 cm³/mol. The fourth-order valence-corrected chi connectivity index (χ4v) is 5.36. The summed E-state index contributed by atoms with van der Waals surface area (Å²) in [4.78, 5) is 0. The lowest BCUT2D eigenvalue weighted by Crippen LogP contribution is -2.47. The van der Waals surface area contributed by atoms with Crippen molar-refractivity contribution in [3.63, 3.8) is 0 Å². The SMILES string of the molecule is NC1(c2cccc(F)c2F)CC2CC1C1CCCC21. The zero-order valence-electron chi connectivity index (χ0n) is 10.9. The van der Waals surface area contributed by atoms with Crippen molar-refractivity contribution in [2.24, 2.45) is 29.4 Å². The maximum absolute atomic E-state index is 14.1. The van der Waals surface area contributed by atoms with Crippen LogP contribution in [0.25, 0.3) is 0 Å². The van der Waals surface area contributed by atoms with Gasteiger partial charge in [0.25, 0.3) is 0 Å². The van der Waals surface area contributed by atoms with Gasteiger partial charge in [-0.3, -0.25) is 0 Å². The molecular formula is C16H19F2N. The first-order valence-electron chi connectivity index (χ1n) is 7.34. The fourth-order valence-electron chi connectivity index (χ4n) is 5.36. The topological polar surface area (TPSA) is 26.0 Å². The molecule has 3 saturated carbocycles. The molecule has 4 rings (SSSR count). The normalized spacial score (nSPS) is 43.7. The summed E-state index contributed by atoms with van der Waals surface area (Å²) in [5, 5.41) is 0. The summed E-state index contributed by atoms with van der Waals surface area (Å²) in [6.45, 7) is 0. The van der Waals surface area contributed by atoms with Gasteiger partial charge in [-0.15, -0.1) is 0 Å². The van der Waals surface area contributed by atoms with Gasteiger partial charge >= 0.3 is 0 Å². The van der Waals surface area contributed by atoms with E-state index in [9.17, 15) is 8.78 Å². The molecule has 1 aromatic rings. The standard InChI is InChI=1S/C16H19F2N/c17-14-6-2-5-12(15(14)18)16(19)8-9-7-13(16)11-4-1-3-10(9)11/h2,5-6,9-11,13H,1,3-4,7-8,19H2. The first-order valence-corrected chi connectivity index (χ1v) is 7.34. The summed E-state index contributed by atoms with van der Waals surface area (Å²) in [5.74, 6) is 0.927. The van der Waals surface area contributed by atoms with Crippen LogP contribution in [0, 0.1) is 35.3 Å². The molecule has 0 aliphatic heterocycles. The number of hydrogen-bond donors (Lipinski definition) is 1. The molecule has 5 atom stereocenters. The Morgan fingerprint density at radius 1 is 1.16 bits per heavy atom. The van der Waals surface area contributed by atoms with Gasteiger partial charge in [0, 0.05) is 11.1 Å². The molecule has 102 valence electrons. The van der Waals surface area contributed by atoms with Gasteiger partial charge in [0.1, 0.15) is 0 Å². The molecule has 0 spiro atoms. The summed E-state index contributed by atoms with van der Waals surface area (Å²) in [6.07, 6.45) is 5.76. The molecule has 5 unspecified atom stereocenters. The Hall–Kier alpha value is -0.960. The minimum Gasteiger partial charge on any atom is -0.321 e. The van der Waals surface area contributed by atoms with Crippen molar-refractivity contribution >= 4 is 0 Å². The molecule has 0 aromatic heterocycles. The second-order valence-electron chi connectivity index (χ2n) is 6.71. The predicted octanol–water partition coefficient (Wildman–Crippen LogP) is 3.57. The van der Waals surface area contributed by atoms with Gasteiger partial charge in [0.15, 0.2) is 11.6 Å². The maximum Gasteiger partial charge on any atom is 0.163 e. The van der Waals surface area contributed by atoms with Crippen LogP contribution < -0.4 is 5.73 Å². The fraction of sp³-hybridized carbons (Fsp3) is 0.625. The molecule has 0 amide bonds. The number of benzene rings is 1. The number of hydrogen-bond acceptors (Lipinski definition) is 1. The van der Waals surface area contributed by atoms with Crippen molar-refractivity contribution in [3.05, 3.63) is 35.4 Å². The van der Waals surface area contributed by atoms with Gasteiger partial charge in [0.05, 0.1) is 0 Å². The van der Waals surface area contributed by atoms with Crippen LogP contribution in [-0.4, -0.2) is 0 Å². The average Bonchev–Trinajstić information content (AvgIpc) is 3.03. The van der Waals surface area contributed by atoms with Crippen LogP contribution in [0.3, 0.4) is 0 Å². The van der Waals surface area contributed by atoms with Gasteiger partial charge in [-0.25, -0.2) is 8.78 Å². The minimum absolute atomic E-state index is 0.348. The van der Waals surface area contributed by atoms with E-state index in [0.717, 1.165) is 18.8 Å². The smallest absolute Gasteiger partial charge is 0.163 e. The van der Waals surface area contributed by atoms with Crippen LogP contribution in [0.15, 0.2) is 18.2 Å². The Morgan fingerprint density at radius 2 is 1.95 bits per heavy atom. The Bertz CT molecular complexity index is 529. The van der Waals surface area contributed by atoms with E-state index in [1.54, 1.807) is 12.1 Å². The third-order valence-corrected chi connectivity index (χ3v) is 6.02. The summed E-state index contributed by atoms with van der Waals surface area (Å²) in [6, 6.07) is 4.44. The molecule has 2 bridgehead atoms. The zero-order valence-corrected chi connectivity index (χ0v) is 10.9. The van der Waals surface area contributed by atoms with Crippen LogP contribution >= 0.6 is 0 Å². The minimum atomic E-state index is -0.770. The highest BCUT2D eigenvalue weighted by Gasteiger charge is 2.60. The molecule has 19 heavy (non-hydrogen) atoms. The van der Waals surface area contributed by atoms with Crippen molar-refractivity contribution in [3.8, 4) is 0 Å². The lowest BCUT2D eigenvalue weighted by atomic mass is 9.68. The highest BCUT2D eigenvalue weighted by molar-refractivity contribution is 5.32. The molecule has 0 saturated heterocycles. The number of rotatable bonds is 1. The van der Waals surface area contributed by atoms with Crippen molar-refractivity contribution in [1.29, 1.82) is 0 Å². The quantitative estimate of drug-likeness (QED) is 0.823. The molecule has 3 aliphatic rings. The monoisotopic (exact) mass is 263 g/mol. The number of fused-ring (bicyclic) bond motifs is 5. The van der Waals surface area contributed by atoms with E-state index in [-0.39, 0.29) is 0 Å². The van der Waals surface area contributed by atoms with Crippen LogP contribution in [-0.2, 0) is 5.54 Å². The Morgan fingerprint density at radius 3 is 2.79 bits per heavy atom. The van der Waals surface area contributed by atoms with E-state index in [1.807, 2.05) is 0 Å². The number of nitrogens with two attached hydrogens (primary N) is 1. The van der Waals surface area contributed by atoms with Crippen molar-refractivity contribution < 1.29 is 8.78 Å². The van der Waals surface area contributed by atoms with E-state index in [4.69, 9.17) is 5.73 Å². The molecule has 3 fully saturated rings. The lowest BCUT2D eigenvalue weighted by Gasteiger charge is -2.40. The Labute approximate surface area is 112 Å². The lowest BCUT2D eigenvalue weighted by molar-refractivity contribution is 0.152. The van der Waals surface area contributed by atoms with Crippen LogP contribution in [0.2, 0.25) is 0 Å². The van der Waals surface area contributed by atoms with E-state index in [2.05, 4.69) is 0 Å². The highest BCUT2D eigenvalue weighted by Crippen LogP contribution is 2.64. The summed E-state index contributed by atoms with van der Waals surface area (Å²) in [7, 11) is 0. The third-order valence-electron chi connectivity index (χ3n) is 6.02. The second kappa shape index (κ2) is 3.78. The summed E-state index contributed by atoms with van der Waals surface area (Å²) >= 11 is 0. The van der Waals surface area contributed by atoms with Gasteiger partial charge < -0.3 is 5.73 Å². The molecule has 0 heterocycles. The summed E-state index contributed by atoms with van der Waals surface area (Å²) < 4.78 is 27.6. The molecule has 1 nitrogen and oxygen atoms in total. The second-order valence-corrected chi connectivity index (χ2v) is 6.71. The molecule has 2 N–H and O–H groups in total. The molecular weight excluding hydrogens is 244 g/mol. The van der Waals surface area contributed by atoms with E-state index in [1.165, 1.54) is 25.3 Å². The largest absolute Gasteiger partial charge is 0.321 e. The third kappa shape index (κ3) is 1.42. The van der Waals surface area contributed by atoms with Crippen molar-refractivity contribution in [2.75, 3.05) is 0 Å². The van der Waals surface area contributed by atoms with Gasteiger partial charge in [-0.05, 0) is 55.4 Å². The van der Waals surface area contributed by atoms with Gasteiger partial charge in [-0.1, -0.05) is 18.6 Å². The van der Waals surface area contributed by atoms with E-state index >= 15 is 0 Å². The molecule has 0 radical (unpaired) electrons. The Balaban J connectivity index is 1.77. The first kappa shape index (κ1) is 11.8. The van der Waals surface area contributed by atoms with Crippen LogP contribution in [0.5, 0.6) is 0 Å². The van der Waals surface area contributed by atoms with Gasteiger partial charge in [0.2, 0.25) is 0 Å². The average molecular weight is 263 g/mol. The molecule has 3 aliphatic carbocycles. The highest BCUT2D eigenvalue weighted by atomic mass is 19.2.